The molecule has 2 aromatic heterocycles. The van der Waals surface area contributed by atoms with Crippen molar-refractivity contribution in [2.45, 2.75) is 18.6 Å². The molecule has 0 spiro atoms. The van der Waals surface area contributed by atoms with Gasteiger partial charge >= 0.3 is 0 Å². The van der Waals surface area contributed by atoms with Gasteiger partial charge in [-0.1, -0.05) is 0 Å². The van der Waals surface area contributed by atoms with Gasteiger partial charge in [-0.15, -0.1) is 0 Å². The molecular weight excluding hydrogens is 318 g/mol. The lowest BCUT2D eigenvalue weighted by Crippen LogP contribution is -2.36. The quantitative estimate of drug-likeness (QED) is 0.736. The van der Waals surface area contributed by atoms with Crippen LogP contribution >= 0.6 is 0 Å². The number of aliphatic hydroxyl groups is 1. The number of nitrogens with one attached hydrogen (secondary N) is 1. The second-order valence-electron chi connectivity index (χ2n) is 6.35. The van der Waals surface area contributed by atoms with Crippen LogP contribution in [0.15, 0.2) is 49.1 Å². The number of hydrogen-bond acceptors (Lipinski definition) is 5. The summed E-state index contributed by atoms with van der Waals surface area (Å²) in [7, 11) is 1.65. The minimum atomic E-state index is -0.743. The van der Waals surface area contributed by atoms with Gasteiger partial charge in [-0.2, -0.15) is 0 Å². The van der Waals surface area contributed by atoms with E-state index in [4.69, 9.17) is 4.74 Å². The van der Waals surface area contributed by atoms with Crippen LogP contribution in [0.2, 0.25) is 0 Å². The van der Waals surface area contributed by atoms with E-state index in [1.165, 1.54) is 0 Å². The van der Waals surface area contributed by atoms with Crippen molar-refractivity contribution in [3.05, 3.63) is 49.1 Å². The standard InChI is InChI=1S/C18H21N5O2/c1-25-15-4-2-14(3-5-15)23-11-9-21-17(23)16-20-8-10-22(16)13-18(24)6-7-19-12-18/h2-5,8-11,19,24H,6-7,12-13H2,1H3. The molecule has 1 atom stereocenters. The van der Waals surface area contributed by atoms with Crippen molar-refractivity contribution in [2.75, 3.05) is 20.2 Å². The molecule has 1 saturated heterocycles. The summed E-state index contributed by atoms with van der Waals surface area (Å²) in [6.45, 7) is 1.92. The number of nitrogens with zero attached hydrogens (tertiary/aromatic N) is 4. The number of imidazole rings is 2. The van der Waals surface area contributed by atoms with Crippen LogP contribution in [-0.4, -0.2) is 50.0 Å². The maximum absolute atomic E-state index is 10.7. The van der Waals surface area contributed by atoms with Gasteiger partial charge in [-0.25, -0.2) is 9.97 Å². The predicted octanol–water partition coefficient (Wildman–Crippen LogP) is 1.47. The Kier molecular flexibility index (Phi) is 4.03. The molecule has 4 rings (SSSR count). The summed E-state index contributed by atoms with van der Waals surface area (Å²) < 4.78 is 9.17. The highest BCUT2D eigenvalue weighted by Gasteiger charge is 2.32. The van der Waals surface area contributed by atoms with E-state index in [1.54, 1.807) is 19.5 Å². The zero-order chi connectivity index (χ0) is 17.3. The minimum absolute atomic E-state index is 0.491. The van der Waals surface area contributed by atoms with Gasteiger partial charge in [-0.3, -0.25) is 4.57 Å². The van der Waals surface area contributed by atoms with Crippen LogP contribution in [0.1, 0.15) is 6.42 Å². The smallest absolute Gasteiger partial charge is 0.181 e. The number of methoxy groups -OCH3 is 1. The Hall–Kier alpha value is -2.64. The van der Waals surface area contributed by atoms with Crippen LogP contribution in [-0.2, 0) is 6.54 Å². The van der Waals surface area contributed by atoms with Gasteiger partial charge in [0.05, 0.1) is 19.3 Å². The number of benzene rings is 1. The van der Waals surface area contributed by atoms with Crippen LogP contribution in [0.3, 0.4) is 0 Å². The highest BCUT2D eigenvalue weighted by atomic mass is 16.5. The van der Waals surface area contributed by atoms with E-state index < -0.39 is 5.60 Å². The fraction of sp³-hybridized carbons (Fsp3) is 0.333. The molecule has 0 saturated carbocycles. The summed E-state index contributed by atoms with van der Waals surface area (Å²) in [5.74, 6) is 2.29. The van der Waals surface area contributed by atoms with Crippen molar-refractivity contribution in [3.63, 3.8) is 0 Å². The first-order chi connectivity index (χ1) is 12.2. The molecule has 0 radical (unpaired) electrons. The van der Waals surface area contributed by atoms with E-state index in [2.05, 4.69) is 15.3 Å². The van der Waals surface area contributed by atoms with E-state index in [0.717, 1.165) is 36.1 Å². The molecule has 25 heavy (non-hydrogen) atoms. The summed E-state index contributed by atoms with van der Waals surface area (Å²) in [5.41, 5.74) is 0.233. The monoisotopic (exact) mass is 339 g/mol. The Bertz CT molecular complexity index is 846. The molecular formula is C18H21N5O2. The molecule has 1 aliphatic rings. The maximum atomic E-state index is 10.7. The zero-order valence-electron chi connectivity index (χ0n) is 14.1. The Balaban J connectivity index is 1.67. The molecule has 1 aromatic carbocycles. The van der Waals surface area contributed by atoms with Crippen molar-refractivity contribution in [2.24, 2.45) is 0 Å². The average molecular weight is 339 g/mol. The maximum Gasteiger partial charge on any atom is 0.181 e. The Labute approximate surface area is 145 Å². The molecule has 1 aliphatic heterocycles. The van der Waals surface area contributed by atoms with E-state index >= 15 is 0 Å². The molecule has 2 N–H and O–H groups in total. The first-order valence-electron chi connectivity index (χ1n) is 8.31. The SMILES string of the molecule is COc1ccc(-n2ccnc2-c2nccn2CC2(O)CCNC2)cc1. The van der Waals surface area contributed by atoms with Gasteiger partial charge in [0, 0.05) is 37.0 Å². The predicted molar refractivity (Wildman–Crippen MR) is 93.8 cm³/mol. The molecule has 0 aliphatic carbocycles. The molecule has 3 heterocycles. The summed E-state index contributed by atoms with van der Waals surface area (Å²) in [4.78, 5) is 8.96. The highest BCUT2D eigenvalue weighted by Crippen LogP contribution is 2.24. The van der Waals surface area contributed by atoms with Crippen molar-refractivity contribution < 1.29 is 9.84 Å². The van der Waals surface area contributed by atoms with Gasteiger partial charge in [0.15, 0.2) is 11.6 Å². The molecule has 0 amide bonds. The van der Waals surface area contributed by atoms with Gasteiger partial charge in [0.1, 0.15) is 5.75 Å². The summed E-state index contributed by atoms with van der Waals surface area (Å²) in [6, 6.07) is 7.79. The molecule has 7 heteroatoms. The lowest BCUT2D eigenvalue weighted by Gasteiger charge is -2.22. The third-order valence-corrected chi connectivity index (χ3v) is 4.59. The lowest BCUT2D eigenvalue weighted by molar-refractivity contribution is 0.0436. The summed E-state index contributed by atoms with van der Waals surface area (Å²) in [5, 5.41) is 13.9. The number of ether oxygens (including phenoxy) is 1. The molecule has 7 nitrogen and oxygen atoms in total. The van der Waals surface area contributed by atoms with Crippen LogP contribution in [0.4, 0.5) is 0 Å². The minimum Gasteiger partial charge on any atom is -0.497 e. The Morgan fingerprint density at radius 2 is 1.92 bits per heavy atom. The van der Waals surface area contributed by atoms with E-state index in [-0.39, 0.29) is 0 Å². The van der Waals surface area contributed by atoms with Crippen molar-refractivity contribution >= 4 is 0 Å². The lowest BCUT2D eigenvalue weighted by atomic mass is 10.0. The van der Waals surface area contributed by atoms with Crippen LogP contribution in [0.25, 0.3) is 17.3 Å². The number of β-amino-alcohol motifs (C(OH)–C–C–N with tert-alkyl or cyclic N) is 1. The number of rotatable bonds is 5. The second-order valence-corrected chi connectivity index (χ2v) is 6.35. The van der Waals surface area contributed by atoms with E-state index in [0.29, 0.717) is 13.1 Å². The van der Waals surface area contributed by atoms with Gasteiger partial charge in [0.25, 0.3) is 0 Å². The third kappa shape index (κ3) is 3.04. The largest absolute Gasteiger partial charge is 0.497 e. The first-order valence-corrected chi connectivity index (χ1v) is 8.31. The molecule has 1 unspecified atom stereocenters. The zero-order valence-corrected chi connectivity index (χ0v) is 14.1. The van der Waals surface area contributed by atoms with Crippen molar-refractivity contribution in [1.29, 1.82) is 0 Å². The first kappa shape index (κ1) is 15.9. The van der Waals surface area contributed by atoms with Gasteiger partial charge < -0.3 is 19.7 Å². The highest BCUT2D eigenvalue weighted by molar-refractivity contribution is 5.51. The third-order valence-electron chi connectivity index (χ3n) is 4.59. The average Bonchev–Trinajstić information content (AvgIpc) is 3.36. The normalized spacial score (nSPS) is 20.1. The summed E-state index contributed by atoms with van der Waals surface area (Å²) in [6.07, 6.45) is 8.02. The topological polar surface area (TPSA) is 77.1 Å². The van der Waals surface area contributed by atoms with Crippen molar-refractivity contribution in [3.8, 4) is 23.1 Å². The molecule has 0 bridgehead atoms. The molecule has 130 valence electrons. The van der Waals surface area contributed by atoms with Crippen LogP contribution in [0, 0.1) is 0 Å². The van der Waals surface area contributed by atoms with Crippen molar-refractivity contribution in [1.82, 2.24) is 24.4 Å². The summed E-state index contributed by atoms with van der Waals surface area (Å²) >= 11 is 0. The molecule has 1 fully saturated rings. The Morgan fingerprint density at radius 1 is 1.16 bits per heavy atom. The van der Waals surface area contributed by atoms with Crippen LogP contribution < -0.4 is 10.1 Å². The fourth-order valence-corrected chi connectivity index (χ4v) is 3.25. The van der Waals surface area contributed by atoms with E-state index in [9.17, 15) is 5.11 Å². The van der Waals surface area contributed by atoms with Gasteiger partial charge in [0.2, 0.25) is 0 Å². The van der Waals surface area contributed by atoms with Gasteiger partial charge in [-0.05, 0) is 37.2 Å². The van der Waals surface area contributed by atoms with E-state index in [1.807, 2.05) is 45.8 Å². The fourth-order valence-electron chi connectivity index (χ4n) is 3.25. The number of aromatic nitrogens is 4. The molecule has 3 aromatic rings. The van der Waals surface area contributed by atoms with Crippen LogP contribution in [0.5, 0.6) is 5.75 Å². The second kappa shape index (κ2) is 6.34. The number of hydrogen-bond donors (Lipinski definition) is 2. The Morgan fingerprint density at radius 3 is 2.64 bits per heavy atom.